The van der Waals surface area contributed by atoms with Crippen LogP contribution in [0.25, 0.3) is 0 Å². The summed E-state index contributed by atoms with van der Waals surface area (Å²) in [6.07, 6.45) is 4.55. The molecule has 1 aliphatic heterocycles. The molecule has 0 saturated carbocycles. The van der Waals surface area contributed by atoms with E-state index in [1.165, 1.54) is 0 Å². The summed E-state index contributed by atoms with van der Waals surface area (Å²) >= 11 is 0. The maximum atomic E-state index is 11.6. The highest BCUT2D eigenvalue weighted by atomic mass is 16.4. The van der Waals surface area contributed by atoms with Gasteiger partial charge in [-0.15, -0.1) is 0 Å². The van der Waals surface area contributed by atoms with Gasteiger partial charge in [-0.3, -0.25) is 4.79 Å². The lowest BCUT2D eigenvalue weighted by molar-refractivity contribution is -0.137. The predicted molar refractivity (Wildman–Crippen MR) is 73.2 cm³/mol. The number of nitrogens with zero attached hydrogens (tertiary/aromatic N) is 1. The number of carbonyl (C=O) groups excluding carboxylic acids is 1. The molecule has 0 radical (unpaired) electrons. The van der Waals surface area contributed by atoms with E-state index >= 15 is 0 Å². The molecule has 3 N–H and O–H groups in total. The summed E-state index contributed by atoms with van der Waals surface area (Å²) in [5.74, 6) is -0.757. The number of hydrogen-bond acceptors (Lipinski definition) is 3. The Morgan fingerprint density at radius 1 is 1.21 bits per heavy atom. The zero-order chi connectivity index (χ0) is 14.1. The van der Waals surface area contributed by atoms with Crippen molar-refractivity contribution in [2.24, 2.45) is 0 Å². The number of aliphatic carboxylic acids is 1. The third kappa shape index (κ3) is 7.66. The molecule has 0 aliphatic carbocycles. The summed E-state index contributed by atoms with van der Waals surface area (Å²) in [7, 11) is 2.09. The first kappa shape index (κ1) is 15.8. The Labute approximate surface area is 114 Å². The molecule has 0 aromatic rings. The van der Waals surface area contributed by atoms with Gasteiger partial charge in [-0.1, -0.05) is 6.42 Å². The third-order valence-electron chi connectivity index (χ3n) is 3.41. The minimum atomic E-state index is -0.757. The molecule has 1 saturated heterocycles. The SMILES string of the molecule is CN1CCC(NC(=O)NCCCCCC(=O)O)CC1. The van der Waals surface area contributed by atoms with Crippen molar-refractivity contribution in [2.45, 2.75) is 44.6 Å². The van der Waals surface area contributed by atoms with Crippen LogP contribution >= 0.6 is 0 Å². The molecular weight excluding hydrogens is 246 g/mol. The molecule has 0 aromatic heterocycles. The van der Waals surface area contributed by atoms with Gasteiger partial charge >= 0.3 is 12.0 Å². The van der Waals surface area contributed by atoms with Crippen molar-refractivity contribution in [3.05, 3.63) is 0 Å². The van der Waals surface area contributed by atoms with Crippen molar-refractivity contribution in [3.63, 3.8) is 0 Å². The van der Waals surface area contributed by atoms with Crippen LogP contribution in [0, 0.1) is 0 Å². The highest BCUT2D eigenvalue weighted by Crippen LogP contribution is 2.07. The minimum absolute atomic E-state index is 0.104. The summed E-state index contributed by atoms with van der Waals surface area (Å²) in [5.41, 5.74) is 0. The number of amides is 2. The fraction of sp³-hybridized carbons (Fsp3) is 0.846. The first-order valence-corrected chi connectivity index (χ1v) is 7.02. The van der Waals surface area contributed by atoms with Crippen LogP contribution in [-0.2, 0) is 4.79 Å². The first-order chi connectivity index (χ1) is 9.08. The van der Waals surface area contributed by atoms with Gasteiger partial charge in [0, 0.05) is 19.0 Å². The lowest BCUT2D eigenvalue weighted by Crippen LogP contribution is -2.47. The van der Waals surface area contributed by atoms with Gasteiger partial charge in [0.15, 0.2) is 0 Å². The van der Waals surface area contributed by atoms with Crippen LogP contribution < -0.4 is 10.6 Å². The van der Waals surface area contributed by atoms with Crippen LogP contribution in [0.5, 0.6) is 0 Å². The van der Waals surface area contributed by atoms with Crippen molar-refractivity contribution in [2.75, 3.05) is 26.7 Å². The molecule has 0 aromatic carbocycles. The zero-order valence-corrected chi connectivity index (χ0v) is 11.7. The molecule has 1 fully saturated rings. The number of urea groups is 1. The fourth-order valence-electron chi connectivity index (χ4n) is 2.17. The number of nitrogens with one attached hydrogen (secondary N) is 2. The molecule has 110 valence electrons. The number of hydrogen-bond donors (Lipinski definition) is 3. The van der Waals surface area contributed by atoms with E-state index in [-0.39, 0.29) is 18.5 Å². The second-order valence-corrected chi connectivity index (χ2v) is 5.18. The number of unbranched alkanes of at least 4 members (excludes halogenated alkanes) is 2. The van der Waals surface area contributed by atoms with Crippen LogP contribution in [0.15, 0.2) is 0 Å². The molecule has 1 aliphatic rings. The van der Waals surface area contributed by atoms with Gasteiger partial charge in [0.1, 0.15) is 0 Å². The summed E-state index contributed by atoms with van der Waals surface area (Å²) in [4.78, 5) is 24.2. The minimum Gasteiger partial charge on any atom is -0.481 e. The van der Waals surface area contributed by atoms with Crippen LogP contribution in [0.2, 0.25) is 0 Å². The molecule has 6 nitrogen and oxygen atoms in total. The number of rotatable bonds is 7. The molecule has 2 amide bonds. The number of carboxylic acid groups (broad SMARTS) is 1. The van der Waals surface area contributed by atoms with Crippen molar-refractivity contribution in [1.29, 1.82) is 0 Å². The smallest absolute Gasteiger partial charge is 0.315 e. The highest BCUT2D eigenvalue weighted by Gasteiger charge is 2.17. The van der Waals surface area contributed by atoms with Gasteiger partial charge in [-0.2, -0.15) is 0 Å². The van der Waals surface area contributed by atoms with E-state index in [4.69, 9.17) is 5.11 Å². The van der Waals surface area contributed by atoms with Crippen LogP contribution in [0.1, 0.15) is 38.5 Å². The lowest BCUT2D eigenvalue weighted by Gasteiger charge is -2.29. The zero-order valence-electron chi connectivity index (χ0n) is 11.7. The van der Waals surface area contributed by atoms with E-state index in [1.54, 1.807) is 0 Å². The number of carboxylic acids is 1. The van der Waals surface area contributed by atoms with E-state index in [1.807, 2.05) is 0 Å². The monoisotopic (exact) mass is 271 g/mol. The number of carbonyl (C=O) groups is 2. The Kier molecular flexibility index (Phi) is 7.25. The number of likely N-dealkylation sites (tertiary alicyclic amines) is 1. The van der Waals surface area contributed by atoms with Crippen molar-refractivity contribution < 1.29 is 14.7 Å². The van der Waals surface area contributed by atoms with E-state index in [0.29, 0.717) is 13.0 Å². The summed E-state index contributed by atoms with van der Waals surface area (Å²) in [6, 6.07) is 0.177. The van der Waals surface area contributed by atoms with Gasteiger partial charge in [0.25, 0.3) is 0 Å². The van der Waals surface area contributed by atoms with Crippen LogP contribution in [-0.4, -0.2) is 54.7 Å². The fourth-order valence-corrected chi connectivity index (χ4v) is 2.17. The van der Waals surface area contributed by atoms with Crippen LogP contribution in [0.3, 0.4) is 0 Å². The van der Waals surface area contributed by atoms with E-state index in [0.717, 1.165) is 38.8 Å². The Morgan fingerprint density at radius 2 is 1.89 bits per heavy atom. The molecule has 19 heavy (non-hydrogen) atoms. The van der Waals surface area contributed by atoms with Gasteiger partial charge in [-0.05, 0) is 45.8 Å². The quantitative estimate of drug-likeness (QED) is 0.604. The van der Waals surface area contributed by atoms with Crippen molar-refractivity contribution >= 4 is 12.0 Å². The molecule has 6 heteroatoms. The average Bonchev–Trinajstić information content (AvgIpc) is 2.36. The van der Waals surface area contributed by atoms with Crippen molar-refractivity contribution in [3.8, 4) is 0 Å². The second-order valence-electron chi connectivity index (χ2n) is 5.18. The maximum Gasteiger partial charge on any atom is 0.315 e. The molecule has 0 atom stereocenters. The molecule has 0 unspecified atom stereocenters. The van der Waals surface area contributed by atoms with E-state index < -0.39 is 5.97 Å². The van der Waals surface area contributed by atoms with Crippen molar-refractivity contribution in [1.82, 2.24) is 15.5 Å². The van der Waals surface area contributed by atoms with Gasteiger partial charge < -0.3 is 20.6 Å². The summed E-state index contributed by atoms with van der Waals surface area (Å²) < 4.78 is 0. The van der Waals surface area contributed by atoms with Gasteiger partial charge in [0.2, 0.25) is 0 Å². The van der Waals surface area contributed by atoms with E-state index in [9.17, 15) is 9.59 Å². The molecular formula is C13H25N3O3. The predicted octanol–water partition coefficient (Wildman–Crippen LogP) is 1.02. The van der Waals surface area contributed by atoms with E-state index in [2.05, 4.69) is 22.6 Å². The largest absolute Gasteiger partial charge is 0.481 e. The normalized spacial score (nSPS) is 17.1. The average molecular weight is 271 g/mol. The second kappa shape index (κ2) is 8.74. The van der Waals surface area contributed by atoms with Crippen LogP contribution in [0.4, 0.5) is 4.79 Å². The summed E-state index contributed by atoms with van der Waals surface area (Å²) in [6.45, 7) is 2.67. The lowest BCUT2D eigenvalue weighted by atomic mass is 10.1. The van der Waals surface area contributed by atoms with Gasteiger partial charge in [-0.25, -0.2) is 4.79 Å². The molecule has 0 bridgehead atoms. The maximum absolute atomic E-state index is 11.6. The molecule has 1 rings (SSSR count). The van der Waals surface area contributed by atoms with Gasteiger partial charge in [0.05, 0.1) is 0 Å². The number of piperidine rings is 1. The molecule has 0 spiro atoms. The highest BCUT2D eigenvalue weighted by molar-refractivity contribution is 5.74. The third-order valence-corrected chi connectivity index (χ3v) is 3.41. The standard InChI is InChI=1S/C13H25N3O3/c1-16-9-6-11(7-10-16)15-13(19)14-8-4-2-3-5-12(17)18/h11H,2-10H2,1H3,(H,17,18)(H2,14,15,19). The Hall–Kier alpha value is -1.30. The molecule has 1 heterocycles. The Bertz CT molecular complexity index is 289. The Balaban J connectivity index is 1.97. The Morgan fingerprint density at radius 3 is 2.53 bits per heavy atom. The topological polar surface area (TPSA) is 81.7 Å². The summed E-state index contributed by atoms with van der Waals surface area (Å²) in [5, 5.41) is 14.3. The first-order valence-electron chi connectivity index (χ1n) is 7.02.